The van der Waals surface area contributed by atoms with Crippen molar-refractivity contribution in [2.45, 2.75) is 52.4 Å². The summed E-state index contributed by atoms with van der Waals surface area (Å²) in [6.45, 7) is 6.33. The monoisotopic (exact) mass is 294 g/mol. The molecule has 0 heterocycles. The third-order valence-electron chi connectivity index (χ3n) is 3.84. The summed E-state index contributed by atoms with van der Waals surface area (Å²) in [5, 5.41) is 19.2. The number of hydrogen-bond donors (Lipinski definition) is 2. The Kier molecular flexibility index (Phi) is 7.06. The van der Waals surface area contributed by atoms with Crippen LogP contribution in [0.5, 0.6) is 11.5 Å². The first-order valence-electron chi connectivity index (χ1n) is 7.68. The van der Waals surface area contributed by atoms with Crippen LogP contribution in [0.15, 0.2) is 18.2 Å². The molecule has 0 aliphatic rings. The lowest BCUT2D eigenvalue weighted by Crippen LogP contribution is -2.18. The summed E-state index contributed by atoms with van der Waals surface area (Å²) in [5.41, 5.74) is 0.390. The molecule has 0 bridgehead atoms. The summed E-state index contributed by atoms with van der Waals surface area (Å²) in [5.74, 6) is -0.558. The van der Waals surface area contributed by atoms with E-state index >= 15 is 0 Å². The average Bonchev–Trinajstić information content (AvgIpc) is 2.49. The lowest BCUT2D eigenvalue weighted by Gasteiger charge is -2.17. The van der Waals surface area contributed by atoms with Crippen LogP contribution in [0.4, 0.5) is 0 Å². The van der Waals surface area contributed by atoms with E-state index in [1.807, 2.05) is 0 Å². The Balaban J connectivity index is 2.60. The molecular formula is C17H26O4. The van der Waals surface area contributed by atoms with E-state index in [2.05, 4.69) is 13.8 Å². The van der Waals surface area contributed by atoms with Crippen LogP contribution in [0.1, 0.15) is 57.9 Å². The van der Waals surface area contributed by atoms with Crippen molar-refractivity contribution in [3.8, 4) is 11.5 Å². The number of benzene rings is 1. The van der Waals surface area contributed by atoms with Gasteiger partial charge in [0.15, 0.2) is 0 Å². The Morgan fingerprint density at radius 1 is 1.29 bits per heavy atom. The first-order valence-corrected chi connectivity index (χ1v) is 7.68. The van der Waals surface area contributed by atoms with Crippen molar-refractivity contribution >= 4 is 5.97 Å². The molecule has 0 radical (unpaired) electrons. The number of rotatable bonds is 8. The van der Waals surface area contributed by atoms with Crippen LogP contribution < -0.4 is 0 Å². The van der Waals surface area contributed by atoms with Crippen LogP contribution in [-0.2, 0) is 9.53 Å². The fraction of sp³-hybridized carbons (Fsp3) is 0.588. The van der Waals surface area contributed by atoms with Crippen LogP contribution in [0.25, 0.3) is 0 Å². The van der Waals surface area contributed by atoms with Crippen molar-refractivity contribution in [1.29, 1.82) is 0 Å². The molecule has 0 saturated heterocycles. The van der Waals surface area contributed by atoms with Crippen molar-refractivity contribution in [3.63, 3.8) is 0 Å². The maximum atomic E-state index is 12.1. The van der Waals surface area contributed by atoms with Crippen LogP contribution >= 0.6 is 0 Å². The van der Waals surface area contributed by atoms with Gasteiger partial charge in [0.2, 0.25) is 0 Å². The summed E-state index contributed by atoms with van der Waals surface area (Å²) < 4.78 is 5.37. The number of carbonyl (C=O) groups is 1. The highest BCUT2D eigenvalue weighted by atomic mass is 16.5. The van der Waals surface area contributed by atoms with E-state index in [-0.39, 0.29) is 17.5 Å². The van der Waals surface area contributed by atoms with Gasteiger partial charge in [-0.3, -0.25) is 4.79 Å². The fourth-order valence-electron chi connectivity index (χ4n) is 2.24. The summed E-state index contributed by atoms with van der Waals surface area (Å²) in [6, 6.07) is 4.16. The minimum absolute atomic E-state index is 0.00438. The van der Waals surface area contributed by atoms with Gasteiger partial charge >= 0.3 is 5.97 Å². The van der Waals surface area contributed by atoms with Gasteiger partial charge in [-0.1, -0.05) is 33.1 Å². The molecule has 2 unspecified atom stereocenters. The fourth-order valence-corrected chi connectivity index (χ4v) is 2.24. The maximum Gasteiger partial charge on any atom is 0.313 e. The zero-order chi connectivity index (χ0) is 15.8. The Morgan fingerprint density at radius 2 is 2.00 bits per heavy atom. The zero-order valence-electron chi connectivity index (χ0n) is 13.1. The van der Waals surface area contributed by atoms with Crippen molar-refractivity contribution in [1.82, 2.24) is 0 Å². The van der Waals surface area contributed by atoms with Crippen molar-refractivity contribution < 1.29 is 19.7 Å². The number of esters is 1. The Labute approximate surface area is 126 Å². The molecule has 0 aliphatic heterocycles. The molecule has 21 heavy (non-hydrogen) atoms. The van der Waals surface area contributed by atoms with E-state index in [1.165, 1.54) is 18.2 Å². The molecule has 4 heteroatoms. The standard InChI is InChI=1S/C17H26O4/c1-4-6-7-13(5-2)11-21-17(20)12(3)15-10-14(18)8-9-16(15)19/h8-10,12-13,18-19H,4-7,11H2,1-3H3. The van der Waals surface area contributed by atoms with Crippen LogP contribution in [-0.4, -0.2) is 22.8 Å². The number of hydrogen-bond acceptors (Lipinski definition) is 4. The third kappa shape index (κ3) is 5.29. The lowest BCUT2D eigenvalue weighted by molar-refractivity contribution is -0.146. The van der Waals surface area contributed by atoms with E-state index in [9.17, 15) is 15.0 Å². The molecule has 2 atom stereocenters. The summed E-state index contributed by atoms with van der Waals surface area (Å²) in [7, 11) is 0. The zero-order valence-corrected chi connectivity index (χ0v) is 13.1. The van der Waals surface area contributed by atoms with E-state index < -0.39 is 5.92 Å². The summed E-state index contributed by atoms with van der Waals surface area (Å²) in [4.78, 5) is 12.1. The van der Waals surface area contributed by atoms with Crippen molar-refractivity contribution in [3.05, 3.63) is 23.8 Å². The number of unbranched alkanes of at least 4 members (excludes halogenated alkanes) is 1. The minimum atomic E-state index is -0.596. The van der Waals surface area contributed by atoms with E-state index in [0.29, 0.717) is 18.1 Å². The van der Waals surface area contributed by atoms with Gasteiger partial charge in [-0.05, 0) is 37.5 Å². The van der Waals surface area contributed by atoms with Crippen LogP contribution in [0.2, 0.25) is 0 Å². The van der Waals surface area contributed by atoms with Gasteiger partial charge in [0.25, 0.3) is 0 Å². The first-order chi connectivity index (χ1) is 9.99. The van der Waals surface area contributed by atoms with E-state index in [4.69, 9.17) is 4.74 Å². The molecule has 0 aromatic heterocycles. The molecule has 0 aliphatic carbocycles. The highest BCUT2D eigenvalue weighted by molar-refractivity contribution is 5.78. The predicted molar refractivity (Wildman–Crippen MR) is 82.5 cm³/mol. The molecule has 1 aromatic carbocycles. The summed E-state index contributed by atoms with van der Waals surface area (Å²) >= 11 is 0. The highest BCUT2D eigenvalue weighted by Gasteiger charge is 2.21. The van der Waals surface area contributed by atoms with Gasteiger partial charge in [-0.2, -0.15) is 0 Å². The number of aromatic hydroxyl groups is 2. The van der Waals surface area contributed by atoms with Crippen LogP contribution in [0.3, 0.4) is 0 Å². The smallest absolute Gasteiger partial charge is 0.313 e. The van der Waals surface area contributed by atoms with Gasteiger partial charge < -0.3 is 14.9 Å². The molecule has 0 spiro atoms. The number of ether oxygens (including phenoxy) is 1. The van der Waals surface area contributed by atoms with Gasteiger partial charge in [-0.25, -0.2) is 0 Å². The molecule has 0 saturated carbocycles. The quantitative estimate of drug-likeness (QED) is 0.562. The number of phenols is 2. The third-order valence-corrected chi connectivity index (χ3v) is 3.84. The maximum absolute atomic E-state index is 12.1. The first kappa shape index (κ1) is 17.3. The molecular weight excluding hydrogens is 268 g/mol. The lowest BCUT2D eigenvalue weighted by atomic mass is 9.99. The number of carbonyl (C=O) groups excluding carboxylic acids is 1. The second kappa shape index (κ2) is 8.55. The SMILES string of the molecule is CCCCC(CC)COC(=O)C(C)c1cc(O)ccc1O. The highest BCUT2D eigenvalue weighted by Crippen LogP contribution is 2.30. The normalized spacial score (nSPS) is 13.7. The largest absolute Gasteiger partial charge is 0.508 e. The molecule has 1 aromatic rings. The molecule has 1 rings (SSSR count). The molecule has 0 amide bonds. The second-order valence-corrected chi connectivity index (χ2v) is 5.51. The van der Waals surface area contributed by atoms with Gasteiger partial charge in [0, 0.05) is 5.56 Å². The van der Waals surface area contributed by atoms with E-state index in [1.54, 1.807) is 6.92 Å². The molecule has 2 N–H and O–H groups in total. The van der Waals surface area contributed by atoms with Gasteiger partial charge in [-0.15, -0.1) is 0 Å². The predicted octanol–water partition coefficient (Wildman–Crippen LogP) is 3.96. The van der Waals surface area contributed by atoms with E-state index in [0.717, 1.165) is 25.7 Å². The topological polar surface area (TPSA) is 66.8 Å². The minimum Gasteiger partial charge on any atom is -0.508 e. The Hall–Kier alpha value is -1.71. The van der Waals surface area contributed by atoms with Gasteiger partial charge in [0.1, 0.15) is 11.5 Å². The van der Waals surface area contributed by atoms with Crippen LogP contribution in [0, 0.1) is 5.92 Å². The molecule has 118 valence electrons. The Morgan fingerprint density at radius 3 is 2.62 bits per heavy atom. The average molecular weight is 294 g/mol. The van der Waals surface area contributed by atoms with Crippen molar-refractivity contribution in [2.24, 2.45) is 5.92 Å². The Bertz CT molecular complexity index is 456. The molecule has 0 fully saturated rings. The summed E-state index contributed by atoms with van der Waals surface area (Å²) in [6.07, 6.45) is 4.32. The van der Waals surface area contributed by atoms with Crippen molar-refractivity contribution in [2.75, 3.05) is 6.61 Å². The molecule has 4 nitrogen and oxygen atoms in total. The second-order valence-electron chi connectivity index (χ2n) is 5.51. The van der Waals surface area contributed by atoms with Gasteiger partial charge in [0.05, 0.1) is 12.5 Å². The number of phenolic OH excluding ortho intramolecular Hbond substituents is 2.